The summed E-state index contributed by atoms with van der Waals surface area (Å²) in [5.41, 5.74) is 2.15. The number of hydrogen-bond acceptors (Lipinski definition) is 2. The number of hydrogen-bond donors (Lipinski definition) is 1. The molecule has 1 aromatic heterocycles. The van der Waals surface area contributed by atoms with Crippen LogP contribution in [0.15, 0.2) is 35.7 Å². The molecule has 3 nitrogen and oxygen atoms in total. The van der Waals surface area contributed by atoms with Crippen LogP contribution in [0.5, 0.6) is 0 Å². The Balaban J connectivity index is 1.98. The van der Waals surface area contributed by atoms with E-state index >= 15 is 0 Å². The maximum Gasteiger partial charge on any atom is 0.317 e. The van der Waals surface area contributed by atoms with Crippen LogP contribution in [-0.4, -0.2) is 18.0 Å². The minimum atomic E-state index is -0.127. The largest absolute Gasteiger partial charge is 0.331 e. The van der Waals surface area contributed by atoms with E-state index in [4.69, 9.17) is 11.6 Å². The minimum Gasteiger partial charge on any atom is -0.331 e. The molecular formula is C16H19ClN2OS. The molecule has 1 heterocycles. The Bertz CT molecular complexity index is 626. The van der Waals surface area contributed by atoms with Crippen LogP contribution < -0.4 is 5.32 Å². The van der Waals surface area contributed by atoms with Crippen LogP contribution in [0.25, 0.3) is 0 Å². The Labute approximate surface area is 134 Å². The summed E-state index contributed by atoms with van der Waals surface area (Å²) in [5, 5.41) is 5.69. The number of aryl methyl sites for hydroxylation is 1. The SMILES string of the molecule is Cc1ccsc1CN(C)C(=O)NC(C)c1ccccc1Cl. The molecule has 1 unspecified atom stereocenters. The average molecular weight is 323 g/mol. The van der Waals surface area contributed by atoms with Crippen molar-refractivity contribution in [1.82, 2.24) is 10.2 Å². The summed E-state index contributed by atoms with van der Waals surface area (Å²) in [5.74, 6) is 0. The Morgan fingerprint density at radius 3 is 2.71 bits per heavy atom. The molecule has 21 heavy (non-hydrogen) atoms. The summed E-state index contributed by atoms with van der Waals surface area (Å²) in [6.07, 6.45) is 0. The van der Waals surface area contributed by atoms with Crippen LogP contribution in [0, 0.1) is 6.92 Å². The van der Waals surface area contributed by atoms with Crippen molar-refractivity contribution in [3.63, 3.8) is 0 Å². The van der Waals surface area contributed by atoms with Crippen molar-refractivity contribution in [1.29, 1.82) is 0 Å². The van der Waals surface area contributed by atoms with Crippen molar-refractivity contribution < 1.29 is 4.79 Å². The van der Waals surface area contributed by atoms with Gasteiger partial charge >= 0.3 is 6.03 Å². The van der Waals surface area contributed by atoms with Gasteiger partial charge in [-0.15, -0.1) is 11.3 Å². The number of urea groups is 1. The number of carbonyl (C=O) groups excluding carboxylic acids is 1. The summed E-state index contributed by atoms with van der Waals surface area (Å²) in [6, 6.07) is 9.40. The molecule has 2 amide bonds. The van der Waals surface area contributed by atoms with Crippen molar-refractivity contribution in [2.24, 2.45) is 0 Å². The van der Waals surface area contributed by atoms with Crippen LogP contribution in [0.4, 0.5) is 4.79 Å². The summed E-state index contributed by atoms with van der Waals surface area (Å²) in [6.45, 7) is 4.61. The van der Waals surface area contributed by atoms with Crippen molar-refractivity contribution in [2.45, 2.75) is 26.4 Å². The summed E-state index contributed by atoms with van der Waals surface area (Å²) in [7, 11) is 1.80. The molecule has 2 rings (SSSR count). The van der Waals surface area contributed by atoms with E-state index in [1.807, 2.05) is 36.6 Å². The van der Waals surface area contributed by atoms with Gasteiger partial charge in [0.15, 0.2) is 0 Å². The van der Waals surface area contributed by atoms with Gasteiger partial charge in [-0.05, 0) is 42.5 Å². The molecule has 0 aliphatic heterocycles. The van der Waals surface area contributed by atoms with Crippen molar-refractivity contribution in [2.75, 3.05) is 7.05 Å². The molecule has 0 aliphatic rings. The number of halogens is 1. The number of thiophene rings is 1. The number of rotatable bonds is 4. The lowest BCUT2D eigenvalue weighted by atomic mass is 10.1. The molecule has 1 atom stereocenters. The third-order valence-corrected chi connectivity index (χ3v) is 4.76. The number of nitrogens with one attached hydrogen (secondary N) is 1. The molecule has 1 N–H and O–H groups in total. The van der Waals surface area contributed by atoms with E-state index in [9.17, 15) is 4.79 Å². The normalized spacial score (nSPS) is 12.0. The zero-order valence-electron chi connectivity index (χ0n) is 12.4. The fourth-order valence-electron chi connectivity index (χ4n) is 2.05. The lowest BCUT2D eigenvalue weighted by Gasteiger charge is -2.22. The monoisotopic (exact) mass is 322 g/mol. The van der Waals surface area contributed by atoms with E-state index in [0.717, 1.165) is 5.56 Å². The first-order valence-corrected chi connectivity index (χ1v) is 8.04. The second kappa shape index (κ2) is 6.96. The summed E-state index contributed by atoms with van der Waals surface area (Å²) < 4.78 is 0. The molecular weight excluding hydrogens is 304 g/mol. The van der Waals surface area contributed by atoms with Crippen LogP contribution in [0.1, 0.15) is 29.0 Å². The van der Waals surface area contributed by atoms with Crippen LogP contribution in [-0.2, 0) is 6.54 Å². The number of nitrogens with zero attached hydrogens (tertiary/aromatic N) is 1. The molecule has 0 bridgehead atoms. The van der Waals surface area contributed by atoms with Gasteiger partial charge in [0.2, 0.25) is 0 Å². The number of carbonyl (C=O) groups is 1. The molecule has 1 aromatic carbocycles. The maximum atomic E-state index is 12.3. The smallest absolute Gasteiger partial charge is 0.317 e. The molecule has 0 spiro atoms. The van der Waals surface area contributed by atoms with Crippen molar-refractivity contribution in [3.8, 4) is 0 Å². The first-order chi connectivity index (χ1) is 9.99. The molecule has 0 aliphatic carbocycles. The Morgan fingerprint density at radius 1 is 1.38 bits per heavy atom. The van der Waals surface area contributed by atoms with Gasteiger partial charge in [-0.2, -0.15) is 0 Å². The molecule has 2 aromatic rings. The number of amides is 2. The van der Waals surface area contributed by atoms with Gasteiger partial charge < -0.3 is 10.2 Å². The Kier molecular flexibility index (Phi) is 5.26. The standard InChI is InChI=1S/C16H19ClN2OS/c1-11-8-9-21-15(11)10-19(3)16(20)18-12(2)13-6-4-5-7-14(13)17/h4-9,12H,10H2,1-3H3,(H,18,20). The lowest BCUT2D eigenvalue weighted by Crippen LogP contribution is -2.38. The molecule has 0 saturated heterocycles. The van der Waals surface area contributed by atoms with Gasteiger partial charge in [-0.1, -0.05) is 29.8 Å². The van der Waals surface area contributed by atoms with Crippen molar-refractivity contribution in [3.05, 3.63) is 56.7 Å². The quantitative estimate of drug-likeness (QED) is 0.875. The molecule has 0 saturated carbocycles. The molecule has 0 radical (unpaired) electrons. The van der Waals surface area contributed by atoms with E-state index < -0.39 is 0 Å². The highest BCUT2D eigenvalue weighted by molar-refractivity contribution is 7.10. The lowest BCUT2D eigenvalue weighted by molar-refractivity contribution is 0.204. The Hall–Kier alpha value is -1.52. The molecule has 5 heteroatoms. The first-order valence-electron chi connectivity index (χ1n) is 6.78. The van der Waals surface area contributed by atoms with Crippen LogP contribution in [0.2, 0.25) is 5.02 Å². The summed E-state index contributed by atoms with van der Waals surface area (Å²) in [4.78, 5) is 15.1. The van der Waals surface area contributed by atoms with E-state index in [2.05, 4.69) is 18.3 Å². The van der Waals surface area contributed by atoms with Gasteiger partial charge in [0.1, 0.15) is 0 Å². The van der Waals surface area contributed by atoms with Gasteiger partial charge in [0.25, 0.3) is 0 Å². The highest BCUT2D eigenvalue weighted by Gasteiger charge is 2.16. The first kappa shape index (κ1) is 15.9. The second-order valence-electron chi connectivity index (χ2n) is 5.08. The zero-order chi connectivity index (χ0) is 15.4. The van der Waals surface area contributed by atoms with Gasteiger partial charge in [0, 0.05) is 16.9 Å². The highest BCUT2D eigenvalue weighted by atomic mass is 35.5. The van der Waals surface area contributed by atoms with Gasteiger partial charge in [-0.3, -0.25) is 0 Å². The van der Waals surface area contributed by atoms with E-state index in [1.165, 1.54) is 10.4 Å². The van der Waals surface area contributed by atoms with Gasteiger partial charge in [0.05, 0.1) is 12.6 Å². The predicted molar refractivity (Wildman–Crippen MR) is 88.9 cm³/mol. The predicted octanol–water partition coefficient (Wildman–Crippen LogP) is 4.61. The maximum absolute atomic E-state index is 12.3. The van der Waals surface area contributed by atoms with Crippen LogP contribution >= 0.6 is 22.9 Å². The van der Waals surface area contributed by atoms with Crippen LogP contribution in [0.3, 0.4) is 0 Å². The van der Waals surface area contributed by atoms with E-state index in [0.29, 0.717) is 11.6 Å². The summed E-state index contributed by atoms with van der Waals surface area (Å²) >= 11 is 7.82. The van der Waals surface area contributed by atoms with E-state index in [-0.39, 0.29) is 12.1 Å². The third kappa shape index (κ3) is 3.99. The average Bonchev–Trinajstić information content (AvgIpc) is 2.84. The Morgan fingerprint density at radius 2 is 2.10 bits per heavy atom. The van der Waals surface area contributed by atoms with Gasteiger partial charge in [-0.25, -0.2) is 4.79 Å². The minimum absolute atomic E-state index is 0.102. The van der Waals surface area contributed by atoms with Crippen molar-refractivity contribution >= 4 is 29.0 Å². The topological polar surface area (TPSA) is 32.3 Å². The number of benzene rings is 1. The highest BCUT2D eigenvalue weighted by Crippen LogP contribution is 2.22. The van der Waals surface area contributed by atoms with E-state index in [1.54, 1.807) is 23.3 Å². The fourth-order valence-corrected chi connectivity index (χ4v) is 3.31. The molecule has 0 fully saturated rings. The third-order valence-electron chi connectivity index (χ3n) is 3.41. The zero-order valence-corrected chi connectivity index (χ0v) is 14.0. The second-order valence-corrected chi connectivity index (χ2v) is 6.48. The molecule has 112 valence electrons. The fraction of sp³-hybridized carbons (Fsp3) is 0.312.